The van der Waals surface area contributed by atoms with Crippen LogP contribution in [-0.4, -0.2) is 22.1 Å². The Labute approximate surface area is 111 Å². The third kappa shape index (κ3) is 1.76. The van der Waals surface area contributed by atoms with Crippen LogP contribution in [0.2, 0.25) is 0 Å². The minimum absolute atomic E-state index is 0.175. The average molecular weight is 250 g/mol. The van der Waals surface area contributed by atoms with E-state index in [1.165, 1.54) is 16.6 Å². The van der Waals surface area contributed by atoms with Gasteiger partial charge >= 0.3 is 0 Å². The molecule has 4 nitrogen and oxygen atoms in total. The van der Waals surface area contributed by atoms with Crippen molar-refractivity contribution in [2.24, 2.45) is 10.3 Å². The fourth-order valence-corrected chi connectivity index (χ4v) is 2.68. The number of nitrogens with one attached hydrogen (secondary N) is 1. The van der Waals surface area contributed by atoms with Crippen LogP contribution in [0.4, 0.5) is 0 Å². The largest absolute Gasteiger partial charge is 0.357 e. The van der Waals surface area contributed by atoms with Crippen LogP contribution in [-0.2, 0) is 6.54 Å². The molecule has 1 aromatic heterocycles. The van der Waals surface area contributed by atoms with E-state index in [4.69, 9.17) is 0 Å². The molecule has 0 saturated carbocycles. The van der Waals surface area contributed by atoms with Gasteiger partial charge in [0.2, 0.25) is 0 Å². The van der Waals surface area contributed by atoms with Crippen LogP contribution in [0, 0.1) is 0 Å². The fraction of sp³-hybridized carbons (Fsp3) is 0.200. The fourth-order valence-electron chi connectivity index (χ4n) is 2.68. The molecule has 2 atom stereocenters. The summed E-state index contributed by atoms with van der Waals surface area (Å²) in [7, 11) is 0. The first kappa shape index (κ1) is 10.6. The maximum atomic E-state index is 4.29. The van der Waals surface area contributed by atoms with Crippen molar-refractivity contribution in [1.29, 1.82) is 0 Å². The molecule has 1 aliphatic heterocycles. The molecule has 0 amide bonds. The second-order valence-electron chi connectivity index (χ2n) is 4.94. The molecule has 19 heavy (non-hydrogen) atoms. The number of hydrogen-bond donors (Lipinski definition) is 1. The highest BCUT2D eigenvalue weighted by molar-refractivity contribution is 5.80. The summed E-state index contributed by atoms with van der Waals surface area (Å²) in [6.07, 6.45) is 8.36. The number of H-pyrrole nitrogens is 1. The van der Waals surface area contributed by atoms with Crippen molar-refractivity contribution in [2.75, 3.05) is 0 Å². The van der Waals surface area contributed by atoms with Gasteiger partial charge in [-0.2, -0.15) is 5.11 Å². The van der Waals surface area contributed by atoms with Crippen LogP contribution in [0.3, 0.4) is 0 Å². The van der Waals surface area contributed by atoms with Crippen molar-refractivity contribution in [3.63, 3.8) is 0 Å². The van der Waals surface area contributed by atoms with Crippen LogP contribution >= 0.6 is 0 Å². The third-order valence-corrected chi connectivity index (χ3v) is 3.64. The minimum Gasteiger partial charge on any atom is -0.357 e. The lowest BCUT2D eigenvalue weighted by molar-refractivity contribution is 0.251. The van der Waals surface area contributed by atoms with Crippen molar-refractivity contribution in [1.82, 2.24) is 9.99 Å². The van der Waals surface area contributed by atoms with Gasteiger partial charge in [-0.25, -0.2) is 0 Å². The van der Waals surface area contributed by atoms with Gasteiger partial charge in [0, 0.05) is 11.2 Å². The van der Waals surface area contributed by atoms with Gasteiger partial charge in [-0.05, 0) is 17.5 Å². The molecule has 0 bridgehead atoms. The molecule has 4 rings (SSSR count). The lowest BCUT2D eigenvalue weighted by Crippen LogP contribution is -2.32. The molecule has 0 saturated heterocycles. The van der Waals surface area contributed by atoms with E-state index in [0.717, 1.165) is 6.54 Å². The predicted octanol–water partition coefficient (Wildman–Crippen LogP) is 3.21. The zero-order valence-electron chi connectivity index (χ0n) is 10.4. The van der Waals surface area contributed by atoms with Crippen molar-refractivity contribution >= 4 is 10.9 Å². The number of benzene rings is 1. The lowest BCUT2D eigenvalue weighted by Gasteiger charge is -2.22. The first-order valence-corrected chi connectivity index (χ1v) is 6.49. The Hall–Kier alpha value is -2.36. The highest BCUT2D eigenvalue weighted by atomic mass is 15.6. The predicted molar refractivity (Wildman–Crippen MR) is 74.6 cm³/mol. The summed E-state index contributed by atoms with van der Waals surface area (Å²) in [5.74, 6) is 0. The molecule has 2 unspecified atom stereocenters. The van der Waals surface area contributed by atoms with Crippen molar-refractivity contribution in [3.05, 3.63) is 60.3 Å². The Morgan fingerprint density at radius 3 is 3.00 bits per heavy atom. The molecule has 0 radical (unpaired) electrons. The number of fused-ring (bicyclic) bond motifs is 2. The van der Waals surface area contributed by atoms with E-state index in [1.54, 1.807) is 0 Å². The monoisotopic (exact) mass is 250 g/mol. The van der Waals surface area contributed by atoms with Gasteiger partial charge in [0.05, 0.1) is 12.6 Å². The molecule has 94 valence electrons. The zero-order chi connectivity index (χ0) is 12.7. The van der Waals surface area contributed by atoms with Crippen molar-refractivity contribution < 1.29 is 0 Å². The van der Waals surface area contributed by atoms with E-state index >= 15 is 0 Å². The van der Waals surface area contributed by atoms with Gasteiger partial charge in [-0.3, -0.25) is 5.01 Å². The Kier molecular flexibility index (Phi) is 2.27. The Bertz CT molecular complexity index is 662. The number of nitrogens with zero attached hydrogens (tertiary/aromatic N) is 3. The van der Waals surface area contributed by atoms with Gasteiger partial charge in [-0.15, -0.1) is 0 Å². The van der Waals surface area contributed by atoms with Gasteiger partial charge in [0.25, 0.3) is 0 Å². The molecule has 1 N–H and O–H groups in total. The second-order valence-corrected chi connectivity index (χ2v) is 4.94. The number of allylic oxidation sites excluding steroid dienone is 2. The van der Waals surface area contributed by atoms with E-state index in [1.807, 2.05) is 17.2 Å². The van der Waals surface area contributed by atoms with Gasteiger partial charge in [-0.1, -0.05) is 47.7 Å². The second kappa shape index (κ2) is 4.09. The van der Waals surface area contributed by atoms with E-state index in [-0.39, 0.29) is 12.1 Å². The Morgan fingerprint density at radius 1 is 1.16 bits per heavy atom. The Balaban J connectivity index is 1.60. The average Bonchev–Trinajstić information content (AvgIpc) is 3.03. The summed E-state index contributed by atoms with van der Waals surface area (Å²) in [6, 6.07) is 10.9. The molecule has 0 fully saturated rings. The molecule has 4 heteroatoms. The molecular formula is C15H14N4. The maximum Gasteiger partial charge on any atom is 0.117 e. The van der Waals surface area contributed by atoms with Gasteiger partial charge < -0.3 is 4.98 Å². The van der Waals surface area contributed by atoms with E-state index in [0.29, 0.717) is 0 Å². The van der Waals surface area contributed by atoms with Gasteiger partial charge in [0.15, 0.2) is 0 Å². The molecule has 1 aromatic carbocycles. The van der Waals surface area contributed by atoms with E-state index < -0.39 is 0 Å². The SMILES string of the molecule is C1=CC2N=NN(Cc3cc4ccccc4[nH]3)C2C=C1. The Morgan fingerprint density at radius 2 is 2.05 bits per heavy atom. The summed E-state index contributed by atoms with van der Waals surface area (Å²) in [5.41, 5.74) is 2.34. The standard InChI is InChI=1S/C15H14N4/c1-2-6-13-11(5-1)9-12(16-13)10-19-15-8-4-3-7-14(15)17-18-19/h1-9,14-16H,10H2. The first-order chi connectivity index (χ1) is 9.40. The summed E-state index contributed by atoms with van der Waals surface area (Å²) < 4.78 is 0. The third-order valence-electron chi connectivity index (χ3n) is 3.64. The number of hydrogen-bond acceptors (Lipinski definition) is 3. The minimum atomic E-state index is 0.175. The summed E-state index contributed by atoms with van der Waals surface area (Å²) in [5, 5.41) is 11.8. The summed E-state index contributed by atoms with van der Waals surface area (Å²) in [6.45, 7) is 0.761. The van der Waals surface area contributed by atoms with Crippen LogP contribution in [0.5, 0.6) is 0 Å². The highest BCUT2D eigenvalue weighted by Gasteiger charge is 2.29. The van der Waals surface area contributed by atoms with Crippen LogP contribution in [0.25, 0.3) is 10.9 Å². The van der Waals surface area contributed by atoms with E-state index in [2.05, 4.69) is 57.8 Å². The molecule has 1 aliphatic carbocycles. The lowest BCUT2D eigenvalue weighted by atomic mass is 10.0. The van der Waals surface area contributed by atoms with E-state index in [9.17, 15) is 0 Å². The summed E-state index contributed by atoms with van der Waals surface area (Å²) >= 11 is 0. The normalized spacial score (nSPS) is 24.3. The molecule has 2 aromatic rings. The molecular weight excluding hydrogens is 236 g/mol. The van der Waals surface area contributed by atoms with Crippen molar-refractivity contribution in [2.45, 2.75) is 18.6 Å². The maximum absolute atomic E-state index is 4.29. The zero-order valence-corrected chi connectivity index (χ0v) is 10.4. The number of aromatic amines is 1. The van der Waals surface area contributed by atoms with Crippen LogP contribution in [0.15, 0.2) is 65.0 Å². The van der Waals surface area contributed by atoms with Gasteiger partial charge in [0.1, 0.15) is 6.04 Å². The van der Waals surface area contributed by atoms with Crippen LogP contribution < -0.4 is 0 Å². The number of aromatic nitrogens is 1. The molecule has 2 aliphatic rings. The molecule has 0 spiro atoms. The number of rotatable bonds is 2. The quantitative estimate of drug-likeness (QED) is 0.873. The summed E-state index contributed by atoms with van der Waals surface area (Å²) in [4.78, 5) is 3.43. The first-order valence-electron chi connectivity index (χ1n) is 6.49. The van der Waals surface area contributed by atoms with Crippen molar-refractivity contribution in [3.8, 4) is 0 Å². The smallest absolute Gasteiger partial charge is 0.117 e. The van der Waals surface area contributed by atoms with Crippen LogP contribution in [0.1, 0.15) is 5.69 Å². The molecule has 2 heterocycles. The number of para-hydroxylation sites is 1. The highest BCUT2D eigenvalue weighted by Crippen LogP contribution is 2.25. The topological polar surface area (TPSA) is 43.8 Å².